The smallest absolute Gasteiger partial charge is 0.275 e. The van der Waals surface area contributed by atoms with E-state index in [1.807, 2.05) is 6.92 Å². The summed E-state index contributed by atoms with van der Waals surface area (Å²) in [4.78, 5) is 25.1. The highest BCUT2D eigenvalue weighted by Crippen LogP contribution is 2.28. The molecule has 1 aliphatic rings. The molecule has 0 saturated carbocycles. The molecule has 29 heavy (non-hydrogen) atoms. The van der Waals surface area contributed by atoms with Crippen molar-refractivity contribution in [3.05, 3.63) is 64.0 Å². The third-order valence-electron chi connectivity index (χ3n) is 5.12. The average Bonchev–Trinajstić information content (AvgIpc) is 3.36. The Bertz CT molecular complexity index is 1070. The van der Waals surface area contributed by atoms with Crippen molar-refractivity contribution >= 4 is 11.6 Å². The average molecular weight is 395 g/mol. The summed E-state index contributed by atoms with van der Waals surface area (Å²) >= 11 is 0. The Labute approximate surface area is 166 Å². The molecular weight excluding hydrogens is 374 g/mol. The number of benzene rings is 1. The molecule has 0 N–H and O–H groups in total. The third kappa shape index (κ3) is 3.26. The van der Waals surface area contributed by atoms with Crippen molar-refractivity contribution in [1.82, 2.24) is 29.4 Å². The van der Waals surface area contributed by atoms with Gasteiger partial charge in [-0.25, -0.2) is 4.68 Å². The van der Waals surface area contributed by atoms with Crippen molar-refractivity contribution in [2.24, 2.45) is 0 Å². The van der Waals surface area contributed by atoms with E-state index in [-0.39, 0.29) is 23.6 Å². The lowest BCUT2D eigenvalue weighted by atomic mass is 10.1. The molecule has 10 heteroatoms. The SMILES string of the molecule is CC(C)c1nnc2n1CCN(C(=O)c1ccn(-c3ccc([N+](=O)[O-])cc3)n1)[C@@H]2C. The number of carbonyl (C=O) groups is 1. The van der Waals surface area contributed by atoms with Crippen LogP contribution in [0.1, 0.15) is 54.9 Å². The van der Waals surface area contributed by atoms with E-state index in [0.717, 1.165) is 11.6 Å². The number of carbonyl (C=O) groups excluding carboxylic acids is 1. The van der Waals surface area contributed by atoms with Crippen LogP contribution in [0.3, 0.4) is 0 Å². The highest BCUT2D eigenvalue weighted by Gasteiger charge is 2.33. The quantitative estimate of drug-likeness (QED) is 0.496. The highest BCUT2D eigenvalue weighted by atomic mass is 16.6. The zero-order chi connectivity index (χ0) is 20.7. The van der Waals surface area contributed by atoms with Crippen molar-refractivity contribution in [3.63, 3.8) is 0 Å². The van der Waals surface area contributed by atoms with Crippen LogP contribution in [0.25, 0.3) is 5.69 Å². The number of nitrogens with zero attached hydrogens (tertiary/aromatic N) is 7. The fourth-order valence-electron chi connectivity index (χ4n) is 3.57. The Balaban J connectivity index is 1.55. The molecule has 1 atom stereocenters. The number of hydrogen-bond donors (Lipinski definition) is 0. The van der Waals surface area contributed by atoms with E-state index in [1.54, 1.807) is 29.3 Å². The van der Waals surface area contributed by atoms with E-state index in [1.165, 1.54) is 16.8 Å². The number of hydrogen-bond acceptors (Lipinski definition) is 6. The molecule has 150 valence electrons. The molecule has 0 aliphatic carbocycles. The van der Waals surface area contributed by atoms with E-state index in [0.29, 0.717) is 24.5 Å². The van der Waals surface area contributed by atoms with Crippen molar-refractivity contribution in [2.45, 2.75) is 39.3 Å². The Morgan fingerprint density at radius 1 is 1.17 bits per heavy atom. The van der Waals surface area contributed by atoms with Gasteiger partial charge in [-0.05, 0) is 25.1 Å². The maximum atomic E-state index is 13.1. The van der Waals surface area contributed by atoms with Crippen molar-refractivity contribution in [1.29, 1.82) is 0 Å². The molecule has 0 saturated heterocycles. The van der Waals surface area contributed by atoms with Crippen molar-refractivity contribution in [2.75, 3.05) is 6.54 Å². The Morgan fingerprint density at radius 3 is 2.55 bits per heavy atom. The molecular formula is C19H21N7O3. The van der Waals surface area contributed by atoms with Gasteiger partial charge in [-0.15, -0.1) is 10.2 Å². The van der Waals surface area contributed by atoms with E-state index in [2.05, 4.69) is 33.7 Å². The van der Waals surface area contributed by atoms with Crippen LogP contribution in [-0.4, -0.2) is 46.8 Å². The van der Waals surface area contributed by atoms with Gasteiger partial charge in [0.2, 0.25) is 0 Å². The first-order valence-electron chi connectivity index (χ1n) is 9.41. The van der Waals surface area contributed by atoms with Crippen LogP contribution in [0.4, 0.5) is 5.69 Å². The first kappa shape index (κ1) is 18.8. The van der Waals surface area contributed by atoms with E-state index < -0.39 is 4.92 Å². The second-order valence-electron chi connectivity index (χ2n) is 7.32. The first-order valence-corrected chi connectivity index (χ1v) is 9.41. The summed E-state index contributed by atoms with van der Waals surface area (Å²) in [5.74, 6) is 1.80. The van der Waals surface area contributed by atoms with Crippen LogP contribution in [0.2, 0.25) is 0 Å². The third-order valence-corrected chi connectivity index (χ3v) is 5.12. The van der Waals surface area contributed by atoms with Gasteiger partial charge in [-0.3, -0.25) is 14.9 Å². The van der Waals surface area contributed by atoms with Gasteiger partial charge in [0.1, 0.15) is 5.82 Å². The van der Waals surface area contributed by atoms with Crippen molar-refractivity contribution in [3.8, 4) is 5.69 Å². The number of aromatic nitrogens is 5. The minimum Gasteiger partial charge on any atom is -0.325 e. The topological polar surface area (TPSA) is 112 Å². The Hall–Kier alpha value is -3.56. The molecule has 3 aromatic rings. The summed E-state index contributed by atoms with van der Waals surface area (Å²) in [6, 6.07) is 7.45. The second kappa shape index (κ2) is 7.12. The summed E-state index contributed by atoms with van der Waals surface area (Å²) < 4.78 is 3.62. The normalized spacial score (nSPS) is 16.1. The van der Waals surface area contributed by atoms with Gasteiger partial charge in [0.15, 0.2) is 11.5 Å². The van der Waals surface area contributed by atoms with E-state index in [4.69, 9.17) is 0 Å². The highest BCUT2D eigenvalue weighted by molar-refractivity contribution is 5.92. The van der Waals surface area contributed by atoms with Gasteiger partial charge < -0.3 is 9.47 Å². The minimum atomic E-state index is -0.455. The number of fused-ring (bicyclic) bond motifs is 1. The van der Waals surface area contributed by atoms with Crippen LogP contribution in [0.15, 0.2) is 36.5 Å². The molecule has 1 aromatic carbocycles. The zero-order valence-electron chi connectivity index (χ0n) is 16.4. The first-order chi connectivity index (χ1) is 13.9. The summed E-state index contributed by atoms with van der Waals surface area (Å²) in [6.07, 6.45) is 1.67. The van der Waals surface area contributed by atoms with E-state index in [9.17, 15) is 14.9 Å². The predicted molar refractivity (Wildman–Crippen MR) is 104 cm³/mol. The van der Waals surface area contributed by atoms with Gasteiger partial charge >= 0.3 is 0 Å². The molecule has 0 fully saturated rings. The molecule has 0 spiro atoms. The maximum Gasteiger partial charge on any atom is 0.275 e. The summed E-state index contributed by atoms with van der Waals surface area (Å²) in [5, 5.41) is 23.7. The molecule has 2 aromatic heterocycles. The van der Waals surface area contributed by atoms with Crippen LogP contribution in [0.5, 0.6) is 0 Å². The largest absolute Gasteiger partial charge is 0.325 e. The van der Waals surface area contributed by atoms with Gasteiger partial charge in [0, 0.05) is 37.3 Å². The van der Waals surface area contributed by atoms with Crippen LogP contribution >= 0.6 is 0 Å². The number of non-ortho nitro benzene ring substituents is 1. The molecule has 10 nitrogen and oxygen atoms in total. The molecule has 1 amide bonds. The monoisotopic (exact) mass is 395 g/mol. The fraction of sp³-hybridized carbons (Fsp3) is 0.368. The molecule has 0 unspecified atom stereocenters. The number of nitro groups is 1. The summed E-state index contributed by atoms with van der Waals surface area (Å²) in [5.41, 5.74) is 0.958. The van der Waals surface area contributed by atoms with Crippen LogP contribution < -0.4 is 0 Å². The lowest BCUT2D eigenvalue weighted by Gasteiger charge is -2.33. The summed E-state index contributed by atoms with van der Waals surface area (Å²) in [6.45, 7) is 7.29. The predicted octanol–water partition coefficient (Wildman–Crippen LogP) is 2.71. The standard InChI is InChI=1S/C19H21N7O3/c1-12(2)17-20-21-18-13(3)23(10-11-24(17)18)19(27)16-8-9-25(22-16)14-4-6-15(7-5-14)26(28)29/h4-9,12-13H,10-11H2,1-3H3/t13-/m1/s1. The van der Waals surface area contributed by atoms with Crippen molar-refractivity contribution < 1.29 is 9.72 Å². The number of amides is 1. The molecule has 0 radical (unpaired) electrons. The Kier molecular flexibility index (Phi) is 4.61. The zero-order valence-corrected chi connectivity index (χ0v) is 16.4. The maximum absolute atomic E-state index is 13.1. The number of rotatable bonds is 4. The molecule has 0 bridgehead atoms. The minimum absolute atomic E-state index is 0.00391. The van der Waals surface area contributed by atoms with E-state index >= 15 is 0 Å². The van der Waals surface area contributed by atoms with Crippen LogP contribution in [-0.2, 0) is 6.54 Å². The van der Waals surface area contributed by atoms with Gasteiger partial charge in [-0.1, -0.05) is 13.8 Å². The number of nitro benzene ring substituents is 1. The van der Waals surface area contributed by atoms with Gasteiger partial charge in [-0.2, -0.15) is 5.10 Å². The van der Waals surface area contributed by atoms with Gasteiger partial charge in [0.05, 0.1) is 16.7 Å². The fourth-order valence-corrected chi connectivity index (χ4v) is 3.57. The molecule has 1 aliphatic heterocycles. The Morgan fingerprint density at radius 2 is 1.90 bits per heavy atom. The summed E-state index contributed by atoms with van der Waals surface area (Å²) in [7, 11) is 0. The molecule has 4 rings (SSSR count). The van der Waals surface area contributed by atoms with Crippen LogP contribution in [0, 0.1) is 10.1 Å². The second-order valence-corrected chi connectivity index (χ2v) is 7.32. The molecule has 3 heterocycles. The lowest BCUT2D eigenvalue weighted by Crippen LogP contribution is -2.41. The van der Waals surface area contributed by atoms with Gasteiger partial charge in [0.25, 0.3) is 11.6 Å². The lowest BCUT2D eigenvalue weighted by molar-refractivity contribution is -0.384.